The summed E-state index contributed by atoms with van der Waals surface area (Å²) in [6, 6.07) is 4.45. The second kappa shape index (κ2) is 9.05. The van der Waals surface area contributed by atoms with Gasteiger partial charge in [-0.1, -0.05) is 17.7 Å². The highest BCUT2D eigenvalue weighted by molar-refractivity contribution is 7.16. The van der Waals surface area contributed by atoms with Crippen molar-refractivity contribution in [3.63, 3.8) is 0 Å². The first-order chi connectivity index (χ1) is 15.3. The standard InChI is InChI=1S/C20H17ClF6N2O3S/c1-32-17(31)14-12-7-2-3-8-13(12)33-16(14)29-18(19(22,23)24,20(25,26)27)28-15(30)10-5-4-6-11(21)9-10/h4-6,9,29H,2-3,7-8H2,1H3,(H,28,30). The molecule has 1 aromatic carbocycles. The van der Waals surface area contributed by atoms with Gasteiger partial charge >= 0.3 is 24.0 Å². The molecule has 13 heteroatoms. The van der Waals surface area contributed by atoms with Gasteiger partial charge in [-0.3, -0.25) is 4.79 Å². The number of ether oxygens (including phenoxy) is 1. The highest BCUT2D eigenvalue weighted by atomic mass is 35.5. The van der Waals surface area contributed by atoms with Gasteiger partial charge in [-0.05, 0) is 49.4 Å². The van der Waals surface area contributed by atoms with Crippen molar-refractivity contribution < 1.29 is 40.7 Å². The van der Waals surface area contributed by atoms with E-state index in [-0.39, 0.29) is 5.02 Å². The van der Waals surface area contributed by atoms with E-state index in [0.29, 0.717) is 47.5 Å². The van der Waals surface area contributed by atoms with Crippen LogP contribution in [0.5, 0.6) is 0 Å². The minimum Gasteiger partial charge on any atom is -0.465 e. The number of carbonyl (C=O) groups excluding carboxylic acids is 2. The van der Waals surface area contributed by atoms with Gasteiger partial charge in [-0.25, -0.2) is 4.79 Å². The minimum absolute atomic E-state index is 0.0564. The van der Waals surface area contributed by atoms with Gasteiger partial charge < -0.3 is 15.4 Å². The Balaban J connectivity index is 2.15. The summed E-state index contributed by atoms with van der Waals surface area (Å²) in [6.45, 7) is 0. The van der Waals surface area contributed by atoms with Crippen LogP contribution in [0.3, 0.4) is 0 Å². The van der Waals surface area contributed by atoms with Gasteiger partial charge in [0.1, 0.15) is 5.00 Å². The van der Waals surface area contributed by atoms with Gasteiger partial charge in [-0.15, -0.1) is 11.3 Å². The first kappa shape index (κ1) is 25.2. The van der Waals surface area contributed by atoms with E-state index < -0.39 is 46.0 Å². The van der Waals surface area contributed by atoms with Crippen LogP contribution in [0.4, 0.5) is 31.3 Å². The molecule has 2 N–H and O–H groups in total. The molecule has 0 aliphatic heterocycles. The molecule has 0 bridgehead atoms. The number of fused-ring (bicyclic) bond motifs is 1. The average molecular weight is 515 g/mol. The molecule has 3 rings (SSSR count). The molecule has 0 unspecified atom stereocenters. The van der Waals surface area contributed by atoms with E-state index in [2.05, 4.69) is 4.74 Å². The van der Waals surface area contributed by atoms with Gasteiger partial charge in [0.15, 0.2) is 0 Å². The van der Waals surface area contributed by atoms with Crippen molar-refractivity contribution in [3.8, 4) is 0 Å². The first-order valence-corrected chi connectivity index (χ1v) is 10.7. The van der Waals surface area contributed by atoms with Gasteiger partial charge in [-0.2, -0.15) is 26.3 Å². The molecule has 1 aliphatic rings. The van der Waals surface area contributed by atoms with Gasteiger partial charge in [0.05, 0.1) is 12.7 Å². The van der Waals surface area contributed by atoms with Crippen LogP contribution in [0.15, 0.2) is 24.3 Å². The van der Waals surface area contributed by atoms with Crippen LogP contribution in [-0.4, -0.2) is 37.0 Å². The number of amides is 1. The summed E-state index contributed by atoms with van der Waals surface area (Å²) in [5.74, 6) is -2.74. The van der Waals surface area contributed by atoms with Gasteiger partial charge in [0.25, 0.3) is 5.91 Å². The largest absolute Gasteiger partial charge is 0.465 e. The third kappa shape index (κ3) is 4.77. The number of esters is 1. The van der Waals surface area contributed by atoms with Crippen molar-refractivity contribution >= 4 is 39.8 Å². The van der Waals surface area contributed by atoms with E-state index in [0.717, 1.165) is 24.6 Å². The maximum atomic E-state index is 14.1. The van der Waals surface area contributed by atoms with Crippen LogP contribution >= 0.6 is 22.9 Å². The Kier molecular flexibility index (Phi) is 6.90. The quantitative estimate of drug-likeness (QED) is 0.304. The van der Waals surface area contributed by atoms with E-state index in [4.69, 9.17) is 11.6 Å². The molecule has 2 aromatic rings. The number of thiophene rings is 1. The monoisotopic (exact) mass is 514 g/mol. The highest BCUT2D eigenvalue weighted by Crippen LogP contribution is 2.47. The first-order valence-electron chi connectivity index (χ1n) is 9.53. The lowest BCUT2D eigenvalue weighted by Gasteiger charge is -2.38. The zero-order valence-corrected chi connectivity index (χ0v) is 18.5. The van der Waals surface area contributed by atoms with E-state index in [9.17, 15) is 35.9 Å². The third-order valence-corrected chi connectivity index (χ3v) is 6.54. The number of alkyl halides is 6. The molecule has 1 aromatic heterocycles. The average Bonchev–Trinajstić information content (AvgIpc) is 3.08. The zero-order valence-electron chi connectivity index (χ0n) is 16.9. The van der Waals surface area contributed by atoms with Crippen LogP contribution in [-0.2, 0) is 17.6 Å². The Labute approximate surface area is 193 Å². The van der Waals surface area contributed by atoms with E-state index in [1.807, 2.05) is 0 Å². The van der Waals surface area contributed by atoms with Crippen molar-refractivity contribution in [1.29, 1.82) is 0 Å². The normalized spacial score (nSPS) is 14.4. The molecule has 0 saturated carbocycles. The summed E-state index contributed by atoms with van der Waals surface area (Å²) >= 11 is 6.32. The van der Waals surface area contributed by atoms with Crippen molar-refractivity contribution in [2.45, 2.75) is 43.7 Å². The zero-order chi connectivity index (χ0) is 24.6. The minimum atomic E-state index is -6.04. The Morgan fingerprint density at radius 2 is 1.70 bits per heavy atom. The molecule has 0 atom stereocenters. The number of benzene rings is 1. The number of hydrogen-bond donors (Lipinski definition) is 2. The molecule has 1 amide bonds. The van der Waals surface area contributed by atoms with Gasteiger partial charge in [0.2, 0.25) is 0 Å². The van der Waals surface area contributed by atoms with Crippen LogP contribution in [0, 0.1) is 0 Å². The van der Waals surface area contributed by atoms with Crippen LogP contribution in [0.1, 0.15) is 44.0 Å². The lowest BCUT2D eigenvalue weighted by Crippen LogP contribution is -2.72. The number of hydrogen-bond acceptors (Lipinski definition) is 5. The van der Waals surface area contributed by atoms with Gasteiger partial charge in [0, 0.05) is 15.5 Å². The topological polar surface area (TPSA) is 67.4 Å². The molecule has 0 saturated heterocycles. The fourth-order valence-electron chi connectivity index (χ4n) is 3.49. The second-order valence-electron chi connectivity index (χ2n) is 7.24. The molecule has 180 valence electrons. The summed E-state index contributed by atoms with van der Waals surface area (Å²) in [6.07, 6.45) is -10.1. The predicted molar refractivity (Wildman–Crippen MR) is 110 cm³/mol. The maximum Gasteiger partial charge on any atom is 0.439 e. The van der Waals surface area contributed by atoms with Crippen LogP contribution in [0.2, 0.25) is 5.02 Å². The molecule has 0 radical (unpaired) electrons. The van der Waals surface area contributed by atoms with E-state index >= 15 is 0 Å². The number of rotatable bonds is 5. The van der Waals surface area contributed by atoms with E-state index in [1.165, 1.54) is 17.4 Å². The predicted octanol–water partition coefficient (Wildman–Crippen LogP) is 5.73. The molecular formula is C20H17ClF6N2O3S. The van der Waals surface area contributed by atoms with Crippen molar-refractivity contribution in [2.24, 2.45) is 0 Å². The smallest absolute Gasteiger partial charge is 0.439 e. The maximum absolute atomic E-state index is 14.1. The highest BCUT2D eigenvalue weighted by Gasteiger charge is 2.73. The molecular weight excluding hydrogens is 498 g/mol. The number of aryl methyl sites for hydroxylation is 1. The fourth-order valence-corrected chi connectivity index (χ4v) is 5.01. The molecule has 0 spiro atoms. The second-order valence-corrected chi connectivity index (χ2v) is 8.78. The number of methoxy groups -OCH3 is 1. The fraction of sp³-hybridized carbons (Fsp3) is 0.400. The molecule has 1 aliphatic carbocycles. The number of carbonyl (C=O) groups is 2. The molecule has 33 heavy (non-hydrogen) atoms. The van der Waals surface area contributed by atoms with Crippen LogP contribution in [0.25, 0.3) is 0 Å². The third-order valence-electron chi connectivity index (χ3n) is 5.10. The number of anilines is 1. The lowest BCUT2D eigenvalue weighted by atomic mass is 9.95. The Morgan fingerprint density at radius 1 is 1.06 bits per heavy atom. The summed E-state index contributed by atoms with van der Waals surface area (Å²) in [5, 5.41) is 1.75. The van der Waals surface area contributed by atoms with Crippen molar-refractivity contribution in [1.82, 2.24) is 5.32 Å². The van der Waals surface area contributed by atoms with E-state index in [1.54, 1.807) is 0 Å². The van der Waals surface area contributed by atoms with Crippen molar-refractivity contribution in [2.75, 3.05) is 12.4 Å². The SMILES string of the molecule is COC(=O)c1c(NC(NC(=O)c2cccc(Cl)c2)(C(F)(F)F)C(F)(F)F)sc2c1CCCC2. The molecule has 1 heterocycles. The Morgan fingerprint density at radius 3 is 2.27 bits per heavy atom. The Hall–Kier alpha value is -2.47. The van der Waals surface area contributed by atoms with Crippen molar-refractivity contribution in [3.05, 3.63) is 50.9 Å². The number of halogens is 7. The Bertz CT molecular complexity index is 1050. The summed E-state index contributed by atoms with van der Waals surface area (Å²) in [5.41, 5.74) is -5.46. The number of nitrogens with one attached hydrogen (secondary N) is 2. The van der Waals surface area contributed by atoms with Crippen LogP contribution < -0.4 is 10.6 Å². The summed E-state index contributed by atoms with van der Waals surface area (Å²) < 4.78 is 89.1. The lowest BCUT2D eigenvalue weighted by molar-refractivity contribution is -0.293. The summed E-state index contributed by atoms with van der Waals surface area (Å²) in [7, 11) is 0.973. The molecule has 0 fully saturated rings. The summed E-state index contributed by atoms with van der Waals surface area (Å²) in [4.78, 5) is 25.3. The molecule has 5 nitrogen and oxygen atoms in total.